The van der Waals surface area contributed by atoms with Crippen LogP contribution in [0.3, 0.4) is 0 Å². The third-order valence-electron chi connectivity index (χ3n) is 5.21. The van der Waals surface area contributed by atoms with Gasteiger partial charge in [-0.3, -0.25) is 9.89 Å². The van der Waals surface area contributed by atoms with Crippen molar-refractivity contribution in [2.75, 3.05) is 25.0 Å². The summed E-state index contributed by atoms with van der Waals surface area (Å²) in [6.07, 6.45) is 5.51. The molecule has 1 atom stereocenters. The molecule has 28 heavy (non-hydrogen) atoms. The lowest BCUT2D eigenvalue weighted by Gasteiger charge is -2.33. The second-order valence-electron chi connectivity index (χ2n) is 6.97. The van der Waals surface area contributed by atoms with E-state index in [2.05, 4.69) is 25.4 Å². The lowest BCUT2D eigenvalue weighted by Crippen LogP contribution is -2.35. The zero-order valence-electron chi connectivity index (χ0n) is 15.7. The summed E-state index contributed by atoms with van der Waals surface area (Å²) >= 11 is 0. The summed E-state index contributed by atoms with van der Waals surface area (Å²) in [5, 5.41) is 10.0. The first kappa shape index (κ1) is 18.2. The maximum Gasteiger partial charge on any atom is 0.251 e. The number of piperidine rings is 1. The van der Waals surface area contributed by atoms with Crippen molar-refractivity contribution in [2.45, 2.75) is 18.8 Å². The molecule has 2 N–H and O–H groups in total. The minimum absolute atomic E-state index is 0.121. The van der Waals surface area contributed by atoms with E-state index in [-0.39, 0.29) is 17.6 Å². The van der Waals surface area contributed by atoms with E-state index < -0.39 is 0 Å². The molecule has 1 aliphatic heterocycles. The highest BCUT2D eigenvalue weighted by Crippen LogP contribution is 2.34. The molecule has 3 aromatic rings. The van der Waals surface area contributed by atoms with Crippen LogP contribution in [-0.2, 0) is 0 Å². The zero-order chi connectivity index (χ0) is 19.5. The number of aromatic nitrogens is 3. The van der Waals surface area contributed by atoms with E-state index in [1.54, 1.807) is 37.6 Å². The summed E-state index contributed by atoms with van der Waals surface area (Å²) in [7, 11) is 1.62. The zero-order valence-corrected chi connectivity index (χ0v) is 15.7. The quantitative estimate of drug-likeness (QED) is 0.729. The van der Waals surface area contributed by atoms with Crippen LogP contribution in [0.2, 0.25) is 0 Å². The van der Waals surface area contributed by atoms with Crippen molar-refractivity contribution in [1.29, 1.82) is 0 Å². The largest absolute Gasteiger partial charge is 0.356 e. The number of H-pyrrole nitrogens is 1. The first-order valence-electron chi connectivity index (χ1n) is 9.38. The molecule has 0 bridgehead atoms. The van der Waals surface area contributed by atoms with E-state index in [0.717, 1.165) is 48.6 Å². The van der Waals surface area contributed by atoms with Gasteiger partial charge in [-0.2, -0.15) is 5.10 Å². The van der Waals surface area contributed by atoms with Crippen LogP contribution in [-0.4, -0.2) is 41.2 Å². The van der Waals surface area contributed by atoms with Gasteiger partial charge in [-0.15, -0.1) is 0 Å². The lowest BCUT2D eigenvalue weighted by molar-refractivity contribution is 0.0963. The molecule has 0 unspecified atom stereocenters. The number of anilines is 1. The maximum absolute atomic E-state index is 13.3. The Labute approximate surface area is 162 Å². The van der Waals surface area contributed by atoms with Gasteiger partial charge in [0.2, 0.25) is 0 Å². The Balaban J connectivity index is 1.58. The third kappa shape index (κ3) is 3.60. The van der Waals surface area contributed by atoms with Crippen LogP contribution in [0.15, 0.2) is 48.8 Å². The summed E-state index contributed by atoms with van der Waals surface area (Å²) in [6.45, 7) is 1.67. The molecule has 1 aliphatic rings. The van der Waals surface area contributed by atoms with Crippen molar-refractivity contribution in [3.8, 4) is 11.1 Å². The molecule has 2 aromatic heterocycles. The summed E-state index contributed by atoms with van der Waals surface area (Å²) in [6, 6.07) is 10.0. The summed E-state index contributed by atoms with van der Waals surface area (Å²) < 4.78 is 13.3. The molecule has 1 fully saturated rings. The second-order valence-corrected chi connectivity index (χ2v) is 6.97. The summed E-state index contributed by atoms with van der Waals surface area (Å²) in [5.41, 5.74) is 3.60. The van der Waals surface area contributed by atoms with Crippen LogP contribution >= 0.6 is 0 Å². The number of halogens is 1. The molecule has 3 heterocycles. The number of hydrogen-bond donors (Lipinski definition) is 2. The van der Waals surface area contributed by atoms with Gasteiger partial charge in [0, 0.05) is 49.1 Å². The second kappa shape index (κ2) is 7.80. The molecule has 7 heteroatoms. The molecule has 6 nitrogen and oxygen atoms in total. The van der Waals surface area contributed by atoms with Crippen molar-refractivity contribution < 1.29 is 9.18 Å². The summed E-state index contributed by atoms with van der Waals surface area (Å²) in [4.78, 5) is 18.6. The first-order chi connectivity index (χ1) is 13.7. The number of benzene rings is 1. The van der Waals surface area contributed by atoms with Gasteiger partial charge in [0.1, 0.15) is 11.6 Å². The number of hydrogen-bond acceptors (Lipinski definition) is 4. The van der Waals surface area contributed by atoms with Gasteiger partial charge in [-0.05, 0) is 42.7 Å². The molecule has 0 spiro atoms. The van der Waals surface area contributed by atoms with Gasteiger partial charge < -0.3 is 10.2 Å². The van der Waals surface area contributed by atoms with Crippen molar-refractivity contribution in [2.24, 2.45) is 0 Å². The molecule has 4 rings (SSSR count). The number of pyridine rings is 1. The van der Waals surface area contributed by atoms with Crippen molar-refractivity contribution in [3.05, 3.63) is 65.9 Å². The molecule has 0 aliphatic carbocycles. The molecule has 144 valence electrons. The normalized spacial score (nSPS) is 16.8. The van der Waals surface area contributed by atoms with Crippen LogP contribution in [0, 0.1) is 5.82 Å². The minimum atomic E-state index is -0.250. The van der Waals surface area contributed by atoms with Gasteiger partial charge >= 0.3 is 0 Å². The fourth-order valence-corrected chi connectivity index (χ4v) is 3.76. The third-order valence-corrected chi connectivity index (χ3v) is 5.21. The fraction of sp³-hybridized carbons (Fsp3) is 0.286. The Morgan fingerprint density at radius 3 is 2.89 bits per heavy atom. The van der Waals surface area contributed by atoms with Crippen molar-refractivity contribution in [1.82, 2.24) is 20.5 Å². The average molecular weight is 379 g/mol. The lowest BCUT2D eigenvalue weighted by atomic mass is 9.90. The van der Waals surface area contributed by atoms with Crippen LogP contribution in [0.1, 0.15) is 34.8 Å². The number of nitrogens with one attached hydrogen (secondary N) is 2. The molecule has 1 saturated heterocycles. The van der Waals surface area contributed by atoms with Crippen LogP contribution in [0.25, 0.3) is 11.1 Å². The Hall–Kier alpha value is -3.22. The SMILES string of the molecule is CNC(=O)c1ccnc(N2CCC[C@H](c3[nH]ncc3-c3ccc(F)cc3)C2)c1. The van der Waals surface area contributed by atoms with Crippen molar-refractivity contribution in [3.63, 3.8) is 0 Å². The molecule has 1 aromatic carbocycles. The highest BCUT2D eigenvalue weighted by Gasteiger charge is 2.26. The molecular formula is C21H22FN5O. The predicted molar refractivity (Wildman–Crippen MR) is 106 cm³/mol. The Kier molecular flexibility index (Phi) is 5.06. The number of carbonyl (C=O) groups excluding carboxylic acids is 1. The number of amides is 1. The Morgan fingerprint density at radius 1 is 1.29 bits per heavy atom. The van der Waals surface area contributed by atoms with Gasteiger partial charge in [0.05, 0.1) is 6.20 Å². The van der Waals surface area contributed by atoms with E-state index in [0.29, 0.717) is 5.56 Å². The van der Waals surface area contributed by atoms with E-state index in [1.165, 1.54) is 12.1 Å². The highest BCUT2D eigenvalue weighted by atomic mass is 19.1. The number of aromatic amines is 1. The first-order valence-corrected chi connectivity index (χ1v) is 9.38. The number of nitrogens with zero attached hydrogens (tertiary/aromatic N) is 3. The predicted octanol–water partition coefficient (Wildman–Crippen LogP) is 3.35. The smallest absolute Gasteiger partial charge is 0.251 e. The molecule has 1 amide bonds. The van der Waals surface area contributed by atoms with Crippen LogP contribution in [0.5, 0.6) is 0 Å². The number of carbonyl (C=O) groups is 1. The molecular weight excluding hydrogens is 357 g/mol. The summed E-state index contributed by atoms with van der Waals surface area (Å²) in [5.74, 6) is 0.680. The molecule has 0 radical (unpaired) electrons. The maximum atomic E-state index is 13.3. The van der Waals surface area contributed by atoms with Gasteiger partial charge in [0.25, 0.3) is 5.91 Å². The molecule has 0 saturated carbocycles. The highest BCUT2D eigenvalue weighted by molar-refractivity contribution is 5.94. The van der Waals surface area contributed by atoms with Crippen LogP contribution < -0.4 is 10.2 Å². The van der Waals surface area contributed by atoms with Gasteiger partial charge in [-0.25, -0.2) is 9.37 Å². The topological polar surface area (TPSA) is 73.9 Å². The minimum Gasteiger partial charge on any atom is -0.356 e. The van der Waals surface area contributed by atoms with E-state index >= 15 is 0 Å². The number of rotatable bonds is 4. The standard InChI is InChI=1S/C21H22FN5O/c1-23-21(28)15-8-9-24-19(11-15)27-10-2-3-16(13-27)20-18(12-25-26-20)14-4-6-17(22)7-5-14/h4-9,11-12,16H,2-3,10,13H2,1H3,(H,23,28)(H,25,26)/t16-/m0/s1. The average Bonchev–Trinajstić information content (AvgIpc) is 3.24. The monoisotopic (exact) mass is 379 g/mol. The van der Waals surface area contributed by atoms with Gasteiger partial charge in [-0.1, -0.05) is 12.1 Å². The van der Waals surface area contributed by atoms with E-state index in [4.69, 9.17) is 0 Å². The van der Waals surface area contributed by atoms with Gasteiger partial charge in [0.15, 0.2) is 0 Å². The van der Waals surface area contributed by atoms with E-state index in [1.807, 2.05) is 6.07 Å². The fourth-order valence-electron chi connectivity index (χ4n) is 3.76. The van der Waals surface area contributed by atoms with Crippen molar-refractivity contribution >= 4 is 11.7 Å². The van der Waals surface area contributed by atoms with E-state index in [9.17, 15) is 9.18 Å². The van der Waals surface area contributed by atoms with Crippen LogP contribution in [0.4, 0.5) is 10.2 Å². The Bertz CT molecular complexity index is 969. The Morgan fingerprint density at radius 2 is 2.11 bits per heavy atom.